The van der Waals surface area contributed by atoms with E-state index in [9.17, 15) is 23.2 Å². The average Bonchev–Trinajstić information content (AvgIpc) is 3.34. The maximum Gasteiger partial charge on any atom is 0.405 e. The first kappa shape index (κ1) is 18.4. The predicted octanol–water partition coefficient (Wildman–Crippen LogP) is 2.62. The smallest absolute Gasteiger partial charge is 0.405 e. The summed E-state index contributed by atoms with van der Waals surface area (Å²) in [6, 6.07) is 0.991. The van der Waals surface area contributed by atoms with E-state index in [2.05, 4.69) is 9.97 Å². The van der Waals surface area contributed by atoms with E-state index in [-0.39, 0.29) is 11.8 Å². The highest BCUT2D eigenvalue weighted by Crippen LogP contribution is 2.36. The molecule has 150 valence electrons. The lowest BCUT2D eigenvalue weighted by Gasteiger charge is -2.18. The molecule has 11 heteroatoms. The van der Waals surface area contributed by atoms with Crippen molar-refractivity contribution in [1.29, 1.82) is 0 Å². The highest BCUT2D eigenvalue weighted by atomic mass is 19.4. The number of fused-ring (bicyclic) bond motifs is 3. The zero-order valence-corrected chi connectivity index (χ0v) is 15.0. The Bertz CT molecular complexity index is 1030. The first-order valence-corrected chi connectivity index (χ1v) is 8.90. The average molecular weight is 396 g/mol. The van der Waals surface area contributed by atoms with Gasteiger partial charge in [0.2, 0.25) is 0 Å². The van der Waals surface area contributed by atoms with Crippen LogP contribution in [-0.4, -0.2) is 61.0 Å². The van der Waals surface area contributed by atoms with Crippen LogP contribution in [0.25, 0.3) is 16.8 Å². The second-order valence-corrected chi connectivity index (χ2v) is 6.96. The number of carbonyl (C=O) groups is 1. The van der Waals surface area contributed by atoms with Crippen molar-refractivity contribution in [1.82, 2.24) is 29.3 Å². The molecule has 28 heavy (non-hydrogen) atoms. The number of urea groups is 1. The Balaban J connectivity index is 1.65. The van der Waals surface area contributed by atoms with Crippen molar-refractivity contribution in [2.75, 3.05) is 19.6 Å². The van der Waals surface area contributed by atoms with Crippen molar-refractivity contribution in [3.8, 4) is 0 Å². The standard InChI is InChI=1S/C17H19F3N6O2/c1-2-10-7-24(16(27)23-9-17(18,19)20)8-11(10)13-5-21-14-6-22-15-12(26(13)14)3-4-25(15)28/h3-6,10-11,28H,2,7-9H2,1H3,(H,23,27)/t10-,11+/m1/s1. The van der Waals surface area contributed by atoms with Gasteiger partial charge in [-0.25, -0.2) is 14.8 Å². The van der Waals surface area contributed by atoms with Crippen LogP contribution in [-0.2, 0) is 0 Å². The van der Waals surface area contributed by atoms with Gasteiger partial charge < -0.3 is 15.4 Å². The fourth-order valence-electron chi connectivity index (χ4n) is 3.89. The first-order chi connectivity index (χ1) is 13.3. The van der Waals surface area contributed by atoms with Crippen molar-refractivity contribution >= 4 is 22.8 Å². The summed E-state index contributed by atoms with van der Waals surface area (Å²) >= 11 is 0. The lowest BCUT2D eigenvalue weighted by molar-refractivity contribution is -0.123. The van der Waals surface area contributed by atoms with Crippen molar-refractivity contribution in [3.63, 3.8) is 0 Å². The van der Waals surface area contributed by atoms with Crippen LogP contribution in [0.3, 0.4) is 0 Å². The van der Waals surface area contributed by atoms with Gasteiger partial charge in [0.05, 0.1) is 11.7 Å². The summed E-state index contributed by atoms with van der Waals surface area (Å²) in [5, 5.41) is 11.8. The van der Waals surface area contributed by atoms with Crippen LogP contribution < -0.4 is 5.32 Å². The van der Waals surface area contributed by atoms with E-state index in [1.54, 1.807) is 18.5 Å². The number of rotatable bonds is 3. The van der Waals surface area contributed by atoms with Gasteiger partial charge in [-0.3, -0.25) is 4.40 Å². The van der Waals surface area contributed by atoms with Crippen LogP contribution in [0.15, 0.2) is 24.7 Å². The van der Waals surface area contributed by atoms with Crippen LogP contribution in [0.4, 0.5) is 18.0 Å². The van der Waals surface area contributed by atoms with Gasteiger partial charge in [-0.2, -0.15) is 17.9 Å². The molecule has 3 aromatic heterocycles. The van der Waals surface area contributed by atoms with Gasteiger partial charge in [-0.1, -0.05) is 13.3 Å². The molecule has 1 fully saturated rings. The van der Waals surface area contributed by atoms with Crippen molar-refractivity contribution < 1.29 is 23.2 Å². The molecule has 1 aliphatic rings. The lowest BCUT2D eigenvalue weighted by Crippen LogP contribution is -2.42. The topological polar surface area (TPSA) is 87.7 Å². The van der Waals surface area contributed by atoms with Gasteiger partial charge in [0.1, 0.15) is 6.54 Å². The summed E-state index contributed by atoms with van der Waals surface area (Å²) in [6.45, 7) is 1.29. The molecule has 4 rings (SSSR count). The van der Waals surface area contributed by atoms with E-state index in [4.69, 9.17) is 0 Å². The number of nitrogens with one attached hydrogen (secondary N) is 1. The number of hydrogen-bond donors (Lipinski definition) is 2. The van der Waals surface area contributed by atoms with E-state index in [1.165, 1.54) is 11.1 Å². The Kier molecular flexibility index (Phi) is 4.31. The molecule has 0 aliphatic carbocycles. The van der Waals surface area contributed by atoms with Crippen molar-refractivity contribution in [2.45, 2.75) is 25.4 Å². The molecule has 0 radical (unpaired) electrons. The fourth-order valence-corrected chi connectivity index (χ4v) is 3.89. The number of carbonyl (C=O) groups excluding carboxylic acids is 1. The Hall–Kier alpha value is -2.98. The number of aromatic nitrogens is 4. The number of hydrogen-bond acceptors (Lipinski definition) is 4. The van der Waals surface area contributed by atoms with E-state index in [0.717, 1.165) is 16.8 Å². The van der Waals surface area contributed by atoms with Gasteiger partial charge in [-0.05, 0) is 12.0 Å². The highest BCUT2D eigenvalue weighted by molar-refractivity contribution is 5.76. The van der Waals surface area contributed by atoms with Gasteiger partial charge in [0.25, 0.3) is 0 Å². The maximum atomic E-state index is 12.4. The first-order valence-electron chi connectivity index (χ1n) is 8.90. The zero-order chi connectivity index (χ0) is 20.1. The van der Waals surface area contributed by atoms with Crippen LogP contribution >= 0.6 is 0 Å². The third-order valence-corrected chi connectivity index (χ3v) is 5.25. The molecule has 0 aromatic carbocycles. The molecular weight excluding hydrogens is 377 g/mol. The van der Waals surface area contributed by atoms with Crippen LogP contribution in [0.1, 0.15) is 25.0 Å². The monoisotopic (exact) mass is 396 g/mol. The number of amides is 2. The summed E-state index contributed by atoms with van der Waals surface area (Å²) in [7, 11) is 0. The van der Waals surface area contributed by atoms with Gasteiger partial charge in [0, 0.05) is 37.1 Å². The van der Waals surface area contributed by atoms with Gasteiger partial charge in [-0.15, -0.1) is 0 Å². The van der Waals surface area contributed by atoms with Crippen molar-refractivity contribution in [2.24, 2.45) is 5.92 Å². The minimum Gasteiger partial charge on any atom is -0.427 e. The molecule has 0 unspecified atom stereocenters. The molecule has 4 heterocycles. The summed E-state index contributed by atoms with van der Waals surface area (Å²) in [4.78, 5) is 22.2. The molecule has 2 N–H and O–H groups in total. The third kappa shape index (κ3) is 3.10. The second-order valence-electron chi connectivity index (χ2n) is 6.96. The van der Waals surface area contributed by atoms with E-state index in [1.807, 2.05) is 16.6 Å². The Morgan fingerprint density at radius 3 is 2.82 bits per heavy atom. The van der Waals surface area contributed by atoms with Crippen molar-refractivity contribution in [3.05, 3.63) is 30.4 Å². The largest absolute Gasteiger partial charge is 0.427 e. The van der Waals surface area contributed by atoms with E-state index >= 15 is 0 Å². The fraction of sp³-hybridized carbons (Fsp3) is 0.471. The van der Waals surface area contributed by atoms with Crippen LogP contribution in [0, 0.1) is 5.92 Å². The third-order valence-electron chi connectivity index (χ3n) is 5.25. The predicted molar refractivity (Wildman–Crippen MR) is 93.2 cm³/mol. The quantitative estimate of drug-likeness (QED) is 0.667. The Morgan fingerprint density at radius 1 is 1.32 bits per heavy atom. The summed E-state index contributed by atoms with van der Waals surface area (Å²) in [5.74, 6) is -0.0137. The SMILES string of the molecule is CC[C@@H]1CN(C(=O)NCC(F)(F)F)C[C@@H]1c1cnc2cnc3c(ccn3O)n12. The van der Waals surface area contributed by atoms with Gasteiger partial charge >= 0.3 is 12.2 Å². The minimum atomic E-state index is -4.45. The number of likely N-dealkylation sites (tertiary alicyclic amines) is 1. The maximum absolute atomic E-state index is 12.4. The number of nitrogens with zero attached hydrogens (tertiary/aromatic N) is 5. The normalized spacial score (nSPS) is 20.4. The number of alkyl halides is 3. The molecule has 0 spiro atoms. The molecule has 8 nitrogen and oxygen atoms in total. The molecule has 0 bridgehead atoms. The lowest BCUT2D eigenvalue weighted by atomic mass is 9.91. The molecule has 1 saturated heterocycles. The minimum absolute atomic E-state index is 0.0796. The number of halogens is 3. The number of imidazole rings is 1. The van der Waals surface area contributed by atoms with Crippen LogP contribution in [0.5, 0.6) is 0 Å². The highest BCUT2D eigenvalue weighted by Gasteiger charge is 2.38. The summed E-state index contributed by atoms with van der Waals surface area (Å²) in [6.07, 6.45) is 1.04. The summed E-state index contributed by atoms with van der Waals surface area (Å²) < 4.78 is 40.0. The zero-order valence-electron chi connectivity index (χ0n) is 15.0. The van der Waals surface area contributed by atoms with Crippen LogP contribution in [0.2, 0.25) is 0 Å². The van der Waals surface area contributed by atoms with E-state index < -0.39 is 18.8 Å². The molecule has 3 aromatic rings. The molecule has 2 atom stereocenters. The molecule has 0 saturated carbocycles. The second kappa shape index (κ2) is 6.57. The Morgan fingerprint density at radius 2 is 2.11 bits per heavy atom. The Labute approximate surface area is 157 Å². The molecule has 1 aliphatic heterocycles. The summed E-state index contributed by atoms with van der Waals surface area (Å²) in [5.41, 5.74) is 2.48. The molecular formula is C17H19F3N6O2. The van der Waals surface area contributed by atoms with Gasteiger partial charge in [0.15, 0.2) is 11.3 Å². The van der Waals surface area contributed by atoms with E-state index in [0.29, 0.717) is 29.9 Å². The molecule has 2 amide bonds.